The predicted octanol–water partition coefficient (Wildman–Crippen LogP) is 4.97. The maximum Gasteiger partial charge on any atom is 0.416 e. The van der Waals surface area contributed by atoms with Crippen LogP contribution in [0.15, 0.2) is 48.5 Å². The normalized spacial score (nSPS) is 11.1. The number of carbonyl (C=O) groups is 2. The number of hydrogen-bond donors (Lipinski definition) is 1. The second kappa shape index (κ2) is 11.9. The van der Waals surface area contributed by atoms with Crippen molar-refractivity contribution in [2.45, 2.75) is 25.9 Å². The summed E-state index contributed by atoms with van der Waals surface area (Å²) in [5.41, 5.74) is -0.116. The third kappa shape index (κ3) is 8.29. The first-order valence-electron chi connectivity index (χ1n) is 9.75. The third-order valence-corrected chi connectivity index (χ3v) is 4.02. The van der Waals surface area contributed by atoms with Gasteiger partial charge in [-0.2, -0.15) is 13.2 Å². The van der Waals surface area contributed by atoms with Crippen LogP contribution in [0.4, 0.5) is 24.5 Å². The van der Waals surface area contributed by atoms with Gasteiger partial charge in [-0.3, -0.25) is 4.79 Å². The molecule has 168 valence electrons. The summed E-state index contributed by atoms with van der Waals surface area (Å²) in [4.78, 5) is 23.6. The van der Waals surface area contributed by atoms with Crippen LogP contribution in [0, 0.1) is 0 Å². The SMILES string of the molecule is CCCC(=O)OCCOCCOC(=O)c1ccccc1Nc1cccc(C(F)(F)F)c1. The lowest BCUT2D eigenvalue weighted by Gasteiger charge is -2.13. The molecule has 31 heavy (non-hydrogen) atoms. The number of nitrogens with one attached hydrogen (secondary N) is 1. The standard InChI is InChI=1S/C22H24F3NO5/c1-2-6-20(27)30-13-11-29-12-14-31-21(28)18-9-3-4-10-19(18)26-17-8-5-7-16(15-17)22(23,24)25/h3-5,7-10,15,26H,2,6,11-14H2,1H3. The molecule has 0 amide bonds. The van der Waals surface area contributed by atoms with Gasteiger partial charge < -0.3 is 19.5 Å². The predicted molar refractivity (Wildman–Crippen MR) is 108 cm³/mol. The summed E-state index contributed by atoms with van der Waals surface area (Å²) in [7, 11) is 0. The maximum absolute atomic E-state index is 12.9. The maximum atomic E-state index is 12.9. The van der Waals surface area contributed by atoms with Crippen molar-refractivity contribution in [1.82, 2.24) is 0 Å². The van der Waals surface area contributed by atoms with E-state index >= 15 is 0 Å². The molecule has 0 bridgehead atoms. The molecule has 1 N–H and O–H groups in total. The summed E-state index contributed by atoms with van der Waals surface area (Å²) >= 11 is 0. The van der Waals surface area contributed by atoms with Gasteiger partial charge in [0, 0.05) is 12.1 Å². The lowest BCUT2D eigenvalue weighted by Crippen LogP contribution is -2.15. The monoisotopic (exact) mass is 439 g/mol. The van der Waals surface area contributed by atoms with Crippen molar-refractivity contribution in [3.63, 3.8) is 0 Å². The van der Waals surface area contributed by atoms with Gasteiger partial charge in [-0.15, -0.1) is 0 Å². The number of benzene rings is 2. The van der Waals surface area contributed by atoms with Crippen LogP contribution in [0.25, 0.3) is 0 Å². The van der Waals surface area contributed by atoms with Gasteiger partial charge >= 0.3 is 18.1 Å². The Hall–Kier alpha value is -3.07. The largest absolute Gasteiger partial charge is 0.463 e. The van der Waals surface area contributed by atoms with Crippen LogP contribution >= 0.6 is 0 Å². The number of hydrogen-bond acceptors (Lipinski definition) is 6. The molecule has 2 rings (SSSR count). The molecule has 6 nitrogen and oxygen atoms in total. The zero-order valence-electron chi connectivity index (χ0n) is 17.0. The third-order valence-electron chi connectivity index (χ3n) is 4.02. The number of rotatable bonds is 11. The number of carbonyl (C=O) groups excluding carboxylic acids is 2. The number of esters is 2. The van der Waals surface area contributed by atoms with Crippen molar-refractivity contribution in [3.05, 3.63) is 59.7 Å². The van der Waals surface area contributed by atoms with Crippen molar-refractivity contribution in [3.8, 4) is 0 Å². The van der Waals surface area contributed by atoms with E-state index < -0.39 is 17.7 Å². The van der Waals surface area contributed by atoms with Gasteiger partial charge in [-0.25, -0.2) is 4.79 Å². The van der Waals surface area contributed by atoms with Crippen LogP contribution < -0.4 is 5.32 Å². The fourth-order valence-corrected chi connectivity index (χ4v) is 2.56. The van der Waals surface area contributed by atoms with E-state index in [0.29, 0.717) is 18.5 Å². The van der Waals surface area contributed by atoms with Crippen molar-refractivity contribution in [2.75, 3.05) is 31.7 Å². The summed E-state index contributed by atoms with van der Waals surface area (Å²) in [6, 6.07) is 11.0. The molecule has 0 saturated carbocycles. The van der Waals surface area contributed by atoms with E-state index in [-0.39, 0.29) is 43.6 Å². The molecule has 0 fully saturated rings. The highest BCUT2D eigenvalue weighted by molar-refractivity contribution is 5.96. The molecule has 0 aliphatic heterocycles. The number of alkyl halides is 3. The summed E-state index contributed by atoms with van der Waals surface area (Å²) in [5, 5.41) is 2.82. The highest BCUT2D eigenvalue weighted by Gasteiger charge is 2.30. The molecule has 9 heteroatoms. The lowest BCUT2D eigenvalue weighted by atomic mass is 10.1. The average molecular weight is 439 g/mol. The summed E-state index contributed by atoms with van der Waals surface area (Å²) in [6.45, 7) is 2.26. The van der Waals surface area contributed by atoms with Gasteiger partial charge in [0.25, 0.3) is 0 Å². The van der Waals surface area contributed by atoms with Crippen molar-refractivity contribution in [1.29, 1.82) is 0 Å². The second-order valence-corrected chi connectivity index (χ2v) is 6.47. The molecule has 0 heterocycles. The Labute approximate surface area is 178 Å². The van der Waals surface area contributed by atoms with E-state index in [0.717, 1.165) is 12.1 Å². The second-order valence-electron chi connectivity index (χ2n) is 6.47. The zero-order valence-corrected chi connectivity index (χ0v) is 17.0. The van der Waals surface area contributed by atoms with Crippen LogP contribution in [0.3, 0.4) is 0 Å². The van der Waals surface area contributed by atoms with E-state index in [1.807, 2.05) is 6.92 Å². The topological polar surface area (TPSA) is 73.9 Å². The van der Waals surface area contributed by atoms with Crippen LogP contribution in [-0.2, 0) is 25.2 Å². The molecule has 0 spiro atoms. The van der Waals surface area contributed by atoms with Crippen LogP contribution in [0.1, 0.15) is 35.7 Å². The molecule has 0 aromatic heterocycles. The van der Waals surface area contributed by atoms with E-state index in [1.165, 1.54) is 18.2 Å². The van der Waals surface area contributed by atoms with Crippen molar-refractivity contribution < 1.29 is 37.0 Å². The Morgan fingerprint density at radius 2 is 1.65 bits per heavy atom. The minimum Gasteiger partial charge on any atom is -0.463 e. The molecule has 2 aromatic rings. The van der Waals surface area contributed by atoms with Gasteiger partial charge in [0.15, 0.2) is 0 Å². The number of anilines is 2. The molecular weight excluding hydrogens is 415 g/mol. The van der Waals surface area contributed by atoms with E-state index in [2.05, 4.69) is 5.32 Å². The highest BCUT2D eigenvalue weighted by atomic mass is 19.4. The zero-order chi connectivity index (χ0) is 22.7. The number of ether oxygens (including phenoxy) is 3. The summed E-state index contributed by atoms with van der Waals surface area (Å²) < 4.78 is 54.0. The smallest absolute Gasteiger partial charge is 0.416 e. The Morgan fingerprint density at radius 3 is 2.35 bits per heavy atom. The highest BCUT2D eigenvalue weighted by Crippen LogP contribution is 2.31. The van der Waals surface area contributed by atoms with Gasteiger partial charge in [0.05, 0.1) is 30.0 Å². The molecule has 2 aromatic carbocycles. The molecule has 0 aliphatic rings. The molecular formula is C22H24F3NO5. The Morgan fingerprint density at radius 1 is 0.935 bits per heavy atom. The van der Waals surface area contributed by atoms with Crippen LogP contribution in [-0.4, -0.2) is 38.4 Å². The van der Waals surface area contributed by atoms with Crippen molar-refractivity contribution >= 4 is 23.3 Å². The van der Waals surface area contributed by atoms with E-state index in [4.69, 9.17) is 14.2 Å². The van der Waals surface area contributed by atoms with E-state index in [9.17, 15) is 22.8 Å². The van der Waals surface area contributed by atoms with Gasteiger partial charge in [0.2, 0.25) is 0 Å². The Balaban J connectivity index is 1.85. The van der Waals surface area contributed by atoms with Gasteiger partial charge in [-0.1, -0.05) is 25.1 Å². The lowest BCUT2D eigenvalue weighted by molar-refractivity contribution is -0.145. The van der Waals surface area contributed by atoms with Crippen molar-refractivity contribution in [2.24, 2.45) is 0 Å². The molecule has 0 atom stereocenters. The minimum absolute atomic E-state index is 0.0281. The number of para-hydroxylation sites is 1. The number of halogens is 3. The quantitative estimate of drug-likeness (QED) is 0.394. The summed E-state index contributed by atoms with van der Waals surface area (Å²) in [5.74, 6) is -0.935. The fourth-order valence-electron chi connectivity index (χ4n) is 2.56. The Bertz CT molecular complexity index is 870. The first-order valence-corrected chi connectivity index (χ1v) is 9.75. The first kappa shape index (κ1) is 24.2. The van der Waals surface area contributed by atoms with Gasteiger partial charge in [0.1, 0.15) is 13.2 Å². The molecule has 0 radical (unpaired) electrons. The molecule has 0 aliphatic carbocycles. The summed E-state index contributed by atoms with van der Waals surface area (Å²) in [6.07, 6.45) is -3.41. The Kier molecular flexibility index (Phi) is 9.33. The minimum atomic E-state index is -4.47. The average Bonchev–Trinajstić information content (AvgIpc) is 2.73. The molecule has 0 unspecified atom stereocenters. The molecule has 0 saturated heterocycles. The van der Waals surface area contributed by atoms with Crippen LogP contribution in [0.5, 0.6) is 0 Å². The first-order chi connectivity index (χ1) is 14.8. The van der Waals surface area contributed by atoms with E-state index in [1.54, 1.807) is 18.2 Å². The van der Waals surface area contributed by atoms with Gasteiger partial charge in [-0.05, 0) is 36.8 Å². The fraction of sp³-hybridized carbons (Fsp3) is 0.364. The van der Waals surface area contributed by atoms with Crippen LogP contribution in [0.2, 0.25) is 0 Å².